The van der Waals surface area contributed by atoms with Crippen molar-refractivity contribution in [3.8, 4) is 0 Å². The maximum Gasteiger partial charge on any atom is 0.260 e. The van der Waals surface area contributed by atoms with Gasteiger partial charge in [0.1, 0.15) is 11.6 Å². The zero-order chi connectivity index (χ0) is 18.7. The quantitative estimate of drug-likeness (QED) is 0.639. The third kappa shape index (κ3) is 4.00. The van der Waals surface area contributed by atoms with E-state index in [1.54, 1.807) is 12.1 Å². The standard InChI is InChI=1S/C20H17ClFN3O/c1-12-6-7-13(2)17(10-12)25-18-9-8-14(11-23-18)24-20(26)19-15(21)4-3-5-16(19)22/h3-11H,1-2H3,(H,23,25)(H,24,26). The lowest BCUT2D eigenvalue weighted by Gasteiger charge is -2.11. The lowest BCUT2D eigenvalue weighted by atomic mass is 10.1. The third-order valence-corrected chi connectivity index (χ3v) is 4.18. The summed E-state index contributed by atoms with van der Waals surface area (Å²) in [5, 5.41) is 5.90. The number of hydrogen-bond donors (Lipinski definition) is 2. The molecule has 6 heteroatoms. The molecule has 1 heterocycles. The van der Waals surface area contributed by atoms with Gasteiger partial charge < -0.3 is 10.6 Å². The minimum Gasteiger partial charge on any atom is -0.340 e. The molecule has 0 aliphatic heterocycles. The lowest BCUT2D eigenvalue weighted by Crippen LogP contribution is -2.14. The van der Waals surface area contributed by atoms with Crippen molar-refractivity contribution in [1.82, 2.24) is 4.98 Å². The number of aromatic nitrogens is 1. The molecule has 0 unspecified atom stereocenters. The highest BCUT2D eigenvalue weighted by Gasteiger charge is 2.16. The number of anilines is 3. The number of nitrogens with one attached hydrogen (secondary N) is 2. The second kappa shape index (κ2) is 7.54. The fourth-order valence-corrected chi connectivity index (χ4v) is 2.71. The average molecular weight is 370 g/mol. The Balaban J connectivity index is 1.74. The first-order valence-electron chi connectivity index (χ1n) is 8.00. The number of nitrogens with zero attached hydrogens (tertiary/aromatic N) is 1. The van der Waals surface area contributed by atoms with Crippen molar-refractivity contribution in [2.24, 2.45) is 0 Å². The van der Waals surface area contributed by atoms with Gasteiger partial charge in [-0.25, -0.2) is 9.37 Å². The number of rotatable bonds is 4. The van der Waals surface area contributed by atoms with E-state index in [9.17, 15) is 9.18 Å². The molecule has 0 aliphatic carbocycles. The van der Waals surface area contributed by atoms with Gasteiger partial charge in [-0.05, 0) is 55.3 Å². The molecule has 0 bridgehead atoms. The minimum atomic E-state index is -0.670. The van der Waals surface area contributed by atoms with E-state index in [-0.39, 0.29) is 10.6 Å². The maximum absolute atomic E-state index is 13.8. The van der Waals surface area contributed by atoms with E-state index in [4.69, 9.17) is 11.6 Å². The van der Waals surface area contributed by atoms with Gasteiger partial charge in [0.2, 0.25) is 0 Å². The molecule has 2 aromatic carbocycles. The first kappa shape index (κ1) is 17.9. The first-order valence-corrected chi connectivity index (χ1v) is 8.37. The smallest absolute Gasteiger partial charge is 0.260 e. The highest BCUT2D eigenvalue weighted by atomic mass is 35.5. The number of benzene rings is 2. The molecule has 0 fully saturated rings. The van der Waals surface area contributed by atoms with Gasteiger partial charge in [0.25, 0.3) is 5.91 Å². The number of carbonyl (C=O) groups excluding carboxylic acids is 1. The maximum atomic E-state index is 13.8. The molecule has 2 N–H and O–H groups in total. The van der Waals surface area contributed by atoms with Crippen molar-refractivity contribution in [2.75, 3.05) is 10.6 Å². The number of halogens is 2. The van der Waals surface area contributed by atoms with Crippen molar-refractivity contribution in [3.05, 3.63) is 82.3 Å². The predicted octanol–water partition coefficient (Wildman–Crippen LogP) is 5.49. The van der Waals surface area contributed by atoms with Gasteiger partial charge in [-0.3, -0.25) is 4.79 Å². The second-order valence-corrected chi connectivity index (χ2v) is 6.33. The SMILES string of the molecule is Cc1ccc(C)c(Nc2ccc(NC(=O)c3c(F)cccc3Cl)cn2)c1. The van der Waals surface area contributed by atoms with Crippen LogP contribution in [0.3, 0.4) is 0 Å². The van der Waals surface area contributed by atoms with E-state index in [2.05, 4.69) is 15.6 Å². The van der Waals surface area contributed by atoms with Crippen LogP contribution in [-0.2, 0) is 0 Å². The van der Waals surface area contributed by atoms with E-state index in [1.165, 1.54) is 24.4 Å². The summed E-state index contributed by atoms with van der Waals surface area (Å²) in [7, 11) is 0. The Morgan fingerprint density at radius 1 is 1.12 bits per heavy atom. The molecule has 0 saturated carbocycles. The minimum absolute atomic E-state index is 0.0590. The molecule has 0 aliphatic rings. The van der Waals surface area contributed by atoms with Crippen LogP contribution in [0.25, 0.3) is 0 Å². The largest absolute Gasteiger partial charge is 0.340 e. The van der Waals surface area contributed by atoms with Crippen LogP contribution in [0.4, 0.5) is 21.6 Å². The number of carbonyl (C=O) groups is 1. The van der Waals surface area contributed by atoms with E-state index < -0.39 is 11.7 Å². The molecule has 3 aromatic rings. The molecule has 1 aromatic heterocycles. The van der Waals surface area contributed by atoms with Crippen LogP contribution in [0.2, 0.25) is 5.02 Å². The summed E-state index contributed by atoms with van der Waals surface area (Å²) < 4.78 is 13.8. The Labute approximate surface area is 156 Å². The van der Waals surface area contributed by atoms with Gasteiger partial charge in [0.05, 0.1) is 22.5 Å². The van der Waals surface area contributed by atoms with E-state index in [1.807, 2.05) is 32.0 Å². The van der Waals surface area contributed by atoms with Crippen LogP contribution in [0.15, 0.2) is 54.7 Å². The highest BCUT2D eigenvalue weighted by molar-refractivity contribution is 6.34. The molecular weight excluding hydrogens is 353 g/mol. The fourth-order valence-electron chi connectivity index (χ4n) is 2.46. The summed E-state index contributed by atoms with van der Waals surface area (Å²) in [5.74, 6) is -0.651. The lowest BCUT2D eigenvalue weighted by molar-refractivity contribution is 0.102. The van der Waals surface area contributed by atoms with Crippen LogP contribution in [0.5, 0.6) is 0 Å². The average Bonchev–Trinajstić information content (AvgIpc) is 2.60. The van der Waals surface area contributed by atoms with Crippen molar-refractivity contribution in [1.29, 1.82) is 0 Å². The van der Waals surface area contributed by atoms with Gasteiger partial charge in [-0.2, -0.15) is 0 Å². The van der Waals surface area contributed by atoms with E-state index >= 15 is 0 Å². The molecule has 26 heavy (non-hydrogen) atoms. The van der Waals surface area contributed by atoms with Crippen LogP contribution < -0.4 is 10.6 Å². The van der Waals surface area contributed by atoms with Gasteiger partial charge in [-0.1, -0.05) is 29.8 Å². The zero-order valence-electron chi connectivity index (χ0n) is 14.3. The van der Waals surface area contributed by atoms with E-state index in [0.29, 0.717) is 11.5 Å². The predicted molar refractivity (Wildman–Crippen MR) is 103 cm³/mol. The second-order valence-electron chi connectivity index (χ2n) is 5.93. The van der Waals surface area contributed by atoms with Crippen LogP contribution in [-0.4, -0.2) is 10.9 Å². The van der Waals surface area contributed by atoms with Gasteiger partial charge in [0.15, 0.2) is 0 Å². The summed E-state index contributed by atoms with van der Waals surface area (Å²) in [6.07, 6.45) is 1.50. The Morgan fingerprint density at radius 2 is 1.92 bits per heavy atom. The monoisotopic (exact) mass is 369 g/mol. The number of amides is 1. The Morgan fingerprint density at radius 3 is 2.62 bits per heavy atom. The van der Waals surface area contributed by atoms with Gasteiger partial charge >= 0.3 is 0 Å². The molecule has 0 atom stereocenters. The Bertz CT molecular complexity index is 938. The molecule has 0 spiro atoms. The normalized spacial score (nSPS) is 10.5. The Kier molecular flexibility index (Phi) is 5.19. The summed E-state index contributed by atoms with van der Waals surface area (Å²) in [4.78, 5) is 16.5. The third-order valence-electron chi connectivity index (χ3n) is 3.87. The topological polar surface area (TPSA) is 54.0 Å². The van der Waals surface area contributed by atoms with Crippen molar-refractivity contribution in [3.63, 3.8) is 0 Å². The molecular formula is C20H17ClFN3O. The molecule has 1 amide bonds. The summed E-state index contributed by atoms with van der Waals surface area (Å²) in [5.41, 5.74) is 3.47. The van der Waals surface area contributed by atoms with E-state index in [0.717, 1.165) is 16.8 Å². The fraction of sp³-hybridized carbons (Fsp3) is 0.100. The van der Waals surface area contributed by atoms with Crippen molar-refractivity contribution in [2.45, 2.75) is 13.8 Å². The van der Waals surface area contributed by atoms with Crippen LogP contribution >= 0.6 is 11.6 Å². The number of hydrogen-bond acceptors (Lipinski definition) is 3. The molecule has 0 radical (unpaired) electrons. The number of aryl methyl sites for hydroxylation is 2. The van der Waals surface area contributed by atoms with Gasteiger partial charge in [0, 0.05) is 5.69 Å². The van der Waals surface area contributed by atoms with Gasteiger partial charge in [-0.15, -0.1) is 0 Å². The highest BCUT2D eigenvalue weighted by Crippen LogP contribution is 2.23. The first-order chi connectivity index (χ1) is 12.4. The van der Waals surface area contributed by atoms with Crippen molar-refractivity contribution < 1.29 is 9.18 Å². The Hall–Kier alpha value is -2.92. The van der Waals surface area contributed by atoms with Crippen molar-refractivity contribution >= 4 is 34.7 Å². The molecule has 0 saturated heterocycles. The zero-order valence-corrected chi connectivity index (χ0v) is 15.1. The summed E-state index contributed by atoms with van der Waals surface area (Å²) >= 11 is 5.91. The molecule has 4 nitrogen and oxygen atoms in total. The molecule has 132 valence electrons. The van der Waals surface area contributed by atoms with Crippen LogP contribution in [0, 0.1) is 19.7 Å². The molecule has 3 rings (SSSR count). The number of pyridine rings is 1. The van der Waals surface area contributed by atoms with Crippen LogP contribution in [0.1, 0.15) is 21.5 Å². The summed E-state index contributed by atoms with van der Waals surface area (Å²) in [6, 6.07) is 13.6. The summed E-state index contributed by atoms with van der Waals surface area (Å²) in [6.45, 7) is 4.03.